The number of ether oxygens (including phenoxy) is 3. The topological polar surface area (TPSA) is 65.0 Å². The molecule has 0 heterocycles. The molecule has 0 aliphatic heterocycles. The van der Waals surface area contributed by atoms with Crippen LogP contribution in [0.25, 0.3) is 0 Å². The number of carbonyl (C=O) groups excluding carboxylic acids is 1. The van der Waals surface area contributed by atoms with E-state index in [2.05, 4.69) is 0 Å². The SMILES string of the molecule is CCOC(=O)C(C)(Oc1ccccc1)C(O)c1ccc(OCc2ccccc2)cc1. The van der Waals surface area contributed by atoms with Gasteiger partial charge in [0.2, 0.25) is 5.60 Å². The molecule has 0 aliphatic rings. The van der Waals surface area contributed by atoms with E-state index in [-0.39, 0.29) is 6.61 Å². The van der Waals surface area contributed by atoms with E-state index in [4.69, 9.17) is 14.2 Å². The molecule has 0 saturated carbocycles. The number of carbonyl (C=O) groups is 1. The molecule has 3 aromatic rings. The van der Waals surface area contributed by atoms with E-state index in [1.807, 2.05) is 36.4 Å². The van der Waals surface area contributed by atoms with Crippen LogP contribution >= 0.6 is 0 Å². The Balaban J connectivity index is 1.76. The van der Waals surface area contributed by atoms with Crippen molar-refractivity contribution in [3.63, 3.8) is 0 Å². The second-order valence-electron chi connectivity index (χ2n) is 6.99. The molecule has 0 bridgehead atoms. The Hall–Kier alpha value is -3.31. The Kier molecular flexibility index (Phi) is 7.09. The van der Waals surface area contributed by atoms with E-state index in [9.17, 15) is 9.90 Å². The number of benzene rings is 3. The second-order valence-corrected chi connectivity index (χ2v) is 6.99. The molecule has 0 aliphatic carbocycles. The molecule has 3 aromatic carbocycles. The number of esters is 1. The summed E-state index contributed by atoms with van der Waals surface area (Å²) >= 11 is 0. The standard InChI is InChI=1S/C25H26O5/c1-3-28-24(27)25(2,30-22-12-8-5-9-13-22)23(26)20-14-16-21(17-15-20)29-18-19-10-6-4-7-11-19/h4-17,23,26H,3,18H2,1-2H3. The Bertz CT molecular complexity index is 925. The Morgan fingerprint density at radius 1 is 0.900 bits per heavy atom. The van der Waals surface area contributed by atoms with E-state index in [0.717, 1.165) is 5.56 Å². The smallest absolute Gasteiger partial charge is 0.353 e. The average molecular weight is 406 g/mol. The molecule has 2 atom stereocenters. The van der Waals surface area contributed by atoms with Crippen LogP contribution in [0.15, 0.2) is 84.9 Å². The van der Waals surface area contributed by atoms with Crippen molar-refractivity contribution < 1.29 is 24.1 Å². The lowest BCUT2D eigenvalue weighted by Crippen LogP contribution is -2.48. The van der Waals surface area contributed by atoms with Gasteiger partial charge >= 0.3 is 5.97 Å². The van der Waals surface area contributed by atoms with Gasteiger partial charge in [-0.2, -0.15) is 0 Å². The highest BCUT2D eigenvalue weighted by molar-refractivity contribution is 5.80. The first-order valence-electron chi connectivity index (χ1n) is 9.89. The summed E-state index contributed by atoms with van der Waals surface area (Å²) in [7, 11) is 0. The summed E-state index contributed by atoms with van der Waals surface area (Å²) in [5.41, 5.74) is -0.0228. The molecule has 5 nitrogen and oxygen atoms in total. The number of hydrogen-bond donors (Lipinski definition) is 1. The summed E-state index contributed by atoms with van der Waals surface area (Å²) in [4.78, 5) is 12.7. The maximum absolute atomic E-state index is 12.7. The molecule has 3 rings (SSSR count). The Labute approximate surface area is 176 Å². The molecule has 2 unspecified atom stereocenters. The van der Waals surface area contributed by atoms with Crippen LogP contribution in [0, 0.1) is 0 Å². The van der Waals surface area contributed by atoms with Crippen molar-refractivity contribution in [3.05, 3.63) is 96.1 Å². The van der Waals surface area contributed by atoms with E-state index < -0.39 is 17.7 Å². The zero-order chi connectivity index (χ0) is 21.4. The lowest BCUT2D eigenvalue weighted by atomic mass is 9.92. The van der Waals surface area contributed by atoms with Crippen LogP contribution in [0.4, 0.5) is 0 Å². The minimum absolute atomic E-state index is 0.186. The Morgan fingerprint density at radius 3 is 2.10 bits per heavy atom. The maximum Gasteiger partial charge on any atom is 0.353 e. The molecule has 0 saturated heterocycles. The average Bonchev–Trinajstić information content (AvgIpc) is 2.79. The molecular weight excluding hydrogens is 380 g/mol. The number of hydrogen-bond acceptors (Lipinski definition) is 5. The van der Waals surface area contributed by atoms with Crippen molar-refractivity contribution in [3.8, 4) is 11.5 Å². The summed E-state index contributed by atoms with van der Waals surface area (Å²) < 4.78 is 16.9. The Morgan fingerprint density at radius 2 is 1.50 bits per heavy atom. The summed E-state index contributed by atoms with van der Waals surface area (Å²) in [5, 5.41) is 11.0. The molecular formula is C25H26O5. The van der Waals surface area contributed by atoms with Crippen LogP contribution in [0.2, 0.25) is 0 Å². The predicted octanol–water partition coefficient (Wildman–Crippen LogP) is 4.70. The summed E-state index contributed by atoms with van der Waals surface area (Å²) in [5.74, 6) is 0.497. The van der Waals surface area contributed by atoms with Gasteiger partial charge in [-0.05, 0) is 49.2 Å². The van der Waals surface area contributed by atoms with E-state index >= 15 is 0 Å². The molecule has 30 heavy (non-hydrogen) atoms. The predicted molar refractivity (Wildman–Crippen MR) is 114 cm³/mol. The molecule has 156 valence electrons. The summed E-state index contributed by atoms with van der Waals surface area (Å²) in [6, 6.07) is 25.7. The third kappa shape index (κ3) is 5.19. The highest BCUT2D eigenvalue weighted by atomic mass is 16.6. The van der Waals surface area contributed by atoms with Crippen molar-refractivity contribution >= 4 is 5.97 Å². The van der Waals surface area contributed by atoms with Gasteiger partial charge in [0.15, 0.2) is 0 Å². The first-order valence-corrected chi connectivity index (χ1v) is 9.89. The third-order valence-electron chi connectivity index (χ3n) is 4.72. The van der Waals surface area contributed by atoms with Crippen molar-refractivity contribution in [2.45, 2.75) is 32.2 Å². The number of aliphatic hydroxyl groups is 1. The van der Waals surface area contributed by atoms with Gasteiger partial charge in [0, 0.05) is 0 Å². The number of aliphatic hydroxyl groups excluding tert-OH is 1. The van der Waals surface area contributed by atoms with E-state index in [1.54, 1.807) is 55.5 Å². The third-order valence-corrected chi connectivity index (χ3v) is 4.72. The minimum atomic E-state index is -1.61. The summed E-state index contributed by atoms with van der Waals surface area (Å²) in [6.07, 6.45) is -1.24. The fraction of sp³-hybridized carbons (Fsp3) is 0.240. The van der Waals surface area contributed by atoms with E-state index in [0.29, 0.717) is 23.7 Å². The zero-order valence-corrected chi connectivity index (χ0v) is 17.2. The molecule has 5 heteroatoms. The van der Waals surface area contributed by atoms with E-state index in [1.165, 1.54) is 6.92 Å². The second kappa shape index (κ2) is 9.94. The largest absolute Gasteiger partial charge is 0.489 e. The van der Waals surface area contributed by atoms with Crippen LogP contribution in [0.1, 0.15) is 31.1 Å². The van der Waals surface area contributed by atoms with Gasteiger partial charge in [-0.15, -0.1) is 0 Å². The van der Waals surface area contributed by atoms with Crippen molar-refractivity contribution in [1.82, 2.24) is 0 Å². The normalized spacial score (nSPS) is 13.7. The first kappa shape index (κ1) is 21.4. The lowest BCUT2D eigenvalue weighted by molar-refractivity contribution is -0.171. The van der Waals surface area contributed by atoms with Crippen LogP contribution < -0.4 is 9.47 Å². The van der Waals surface area contributed by atoms with Crippen LogP contribution in [0.3, 0.4) is 0 Å². The highest BCUT2D eigenvalue weighted by Gasteiger charge is 2.45. The zero-order valence-electron chi connectivity index (χ0n) is 17.2. The minimum Gasteiger partial charge on any atom is -0.489 e. The van der Waals surface area contributed by atoms with Gasteiger partial charge < -0.3 is 19.3 Å². The van der Waals surface area contributed by atoms with Gasteiger partial charge in [-0.25, -0.2) is 4.79 Å². The number of rotatable bonds is 9. The number of para-hydroxylation sites is 1. The van der Waals surface area contributed by atoms with Gasteiger partial charge in [0.05, 0.1) is 6.61 Å². The fourth-order valence-electron chi connectivity index (χ4n) is 3.02. The molecule has 1 N–H and O–H groups in total. The fourth-order valence-corrected chi connectivity index (χ4v) is 3.02. The quantitative estimate of drug-likeness (QED) is 0.522. The highest BCUT2D eigenvalue weighted by Crippen LogP contribution is 2.33. The van der Waals surface area contributed by atoms with Gasteiger partial charge in [0.25, 0.3) is 0 Å². The molecule has 0 spiro atoms. The molecule has 0 aromatic heterocycles. The molecule has 0 amide bonds. The molecule has 0 fully saturated rings. The van der Waals surface area contributed by atoms with Crippen LogP contribution in [-0.4, -0.2) is 23.3 Å². The maximum atomic E-state index is 12.7. The van der Waals surface area contributed by atoms with Crippen molar-refractivity contribution in [1.29, 1.82) is 0 Å². The monoisotopic (exact) mass is 406 g/mol. The van der Waals surface area contributed by atoms with Crippen LogP contribution in [-0.2, 0) is 16.1 Å². The van der Waals surface area contributed by atoms with Gasteiger partial charge in [-0.1, -0.05) is 60.7 Å². The summed E-state index contributed by atoms with van der Waals surface area (Å²) in [6.45, 7) is 3.88. The lowest BCUT2D eigenvalue weighted by Gasteiger charge is -2.33. The first-order chi connectivity index (χ1) is 14.5. The van der Waals surface area contributed by atoms with Crippen LogP contribution in [0.5, 0.6) is 11.5 Å². The van der Waals surface area contributed by atoms with Crippen molar-refractivity contribution in [2.24, 2.45) is 0 Å². The van der Waals surface area contributed by atoms with Gasteiger partial charge in [-0.3, -0.25) is 0 Å². The van der Waals surface area contributed by atoms with Gasteiger partial charge in [0.1, 0.15) is 24.2 Å². The van der Waals surface area contributed by atoms with Crippen molar-refractivity contribution in [2.75, 3.05) is 6.61 Å². The molecule has 0 radical (unpaired) electrons.